The Morgan fingerprint density at radius 3 is 2.48 bits per heavy atom. The zero-order chi connectivity index (χ0) is 15.8. The molecule has 1 rings (SSSR count). The lowest BCUT2D eigenvalue weighted by Crippen LogP contribution is -2.38. The van der Waals surface area contributed by atoms with Gasteiger partial charge in [0.2, 0.25) is 0 Å². The van der Waals surface area contributed by atoms with Crippen LogP contribution in [-0.4, -0.2) is 24.0 Å². The summed E-state index contributed by atoms with van der Waals surface area (Å²) in [5.41, 5.74) is 7.71. The Labute approximate surface area is 128 Å². The number of carbonyl (C=O) groups is 1. The first-order chi connectivity index (χ1) is 10.0. The molecule has 4 nitrogen and oxygen atoms in total. The van der Waals surface area contributed by atoms with Crippen molar-refractivity contribution in [2.75, 3.05) is 18.4 Å². The first-order valence-corrected chi connectivity index (χ1v) is 7.93. The van der Waals surface area contributed by atoms with Crippen LogP contribution in [0.4, 0.5) is 10.5 Å². The maximum Gasteiger partial charge on any atom is 0.321 e. The number of anilines is 1. The van der Waals surface area contributed by atoms with Crippen molar-refractivity contribution in [3.05, 3.63) is 29.8 Å². The SMILES string of the molecule is CCC(CC)CN(CC)C(=O)Nc1cccc(C(C)N)c1. The van der Waals surface area contributed by atoms with Gasteiger partial charge < -0.3 is 16.0 Å². The summed E-state index contributed by atoms with van der Waals surface area (Å²) in [7, 11) is 0. The number of nitrogens with zero attached hydrogens (tertiary/aromatic N) is 1. The molecular formula is C17H29N3O. The maximum absolute atomic E-state index is 12.4. The second-order valence-electron chi connectivity index (χ2n) is 5.57. The van der Waals surface area contributed by atoms with E-state index in [-0.39, 0.29) is 12.1 Å². The minimum Gasteiger partial charge on any atom is -0.325 e. The summed E-state index contributed by atoms with van der Waals surface area (Å²) in [6, 6.07) is 7.66. The van der Waals surface area contributed by atoms with Crippen molar-refractivity contribution in [1.82, 2.24) is 4.90 Å². The third-order valence-electron chi connectivity index (χ3n) is 3.97. The summed E-state index contributed by atoms with van der Waals surface area (Å²) in [5, 5.41) is 2.97. The zero-order valence-corrected chi connectivity index (χ0v) is 13.7. The van der Waals surface area contributed by atoms with Crippen molar-refractivity contribution in [2.24, 2.45) is 11.7 Å². The number of carbonyl (C=O) groups excluding carboxylic acids is 1. The minimum absolute atomic E-state index is 0.0336. The minimum atomic E-state index is -0.0359. The number of nitrogens with one attached hydrogen (secondary N) is 1. The van der Waals surface area contributed by atoms with Crippen LogP contribution in [0.25, 0.3) is 0 Å². The largest absolute Gasteiger partial charge is 0.325 e. The molecule has 0 aliphatic heterocycles. The average Bonchev–Trinajstić information content (AvgIpc) is 2.48. The lowest BCUT2D eigenvalue weighted by Gasteiger charge is -2.25. The van der Waals surface area contributed by atoms with Gasteiger partial charge >= 0.3 is 6.03 Å². The van der Waals surface area contributed by atoms with Crippen LogP contribution in [-0.2, 0) is 0 Å². The van der Waals surface area contributed by atoms with E-state index >= 15 is 0 Å². The van der Waals surface area contributed by atoms with Crippen LogP contribution >= 0.6 is 0 Å². The van der Waals surface area contributed by atoms with Crippen molar-refractivity contribution in [3.8, 4) is 0 Å². The monoisotopic (exact) mass is 291 g/mol. The lowest BCUT2D eigenvalue weighted by atomic mass is 10.0. The number of urea groups is 1. The Balaban J connectivity index is 2.71. The van der Waals surface area contributed by atoms with Gasteiger partial charge in [-0.2, -0.15) is 0 Å². The number of hydrogen-bond acceptors (Lipinski definition) is 2. The molecule has 118 valence electrons. The van der Waals surface area contributed by atoms with Gasteiger partial charge in [-0.3, -0.25) is 0 Å². The predicted octanol–water partition coefficient (Wildman–Crippen LogP) is 4.00. The van der Waals surface area contributed by atoms with Crippen molar-refractivity contribution < 1.29 is 4.79 Å². The van der Waals surface area contributed by atoms with E-state index in [4.69, 9.17) is 5.73 Å². The highest BCUT2D eigenvalue weighted by molar-refractivity contribution is 5.89. The number of hydrogen-bond donors (Lipinski definition) is 2. The molecule has 2 amide bonds. The lowest BCUT2D eigenvalue weighted by molar-refractivity contribution is 0.202. The van der Waals surface area contributed by atoms with E-state index in [1.165, 1.54) is 0 Å². The number of benzene rings is 1. The molecule has 1 aromatic rings. The molecule has 0 saturated heterocycles. The molecule has 4 heteroatoms. The summed E-state index contributed by atoms with van der Waals surface area (Å²) in [6.07, 6.45) is 2.20. The fourth-order valence-electron chi connectivity index (χ4n) is 2.32. The van der Waals surface area contributed by atoms with Gasteiger partial charge in [0, 0.05) is 24.8 Å². The molecule has 3 N–H and O–H groups in total. The van der Waals surface area contributed by atoms with E-state index in [0.717, 1.165) is 37.2 Å². The Morgan fingerprint density at radius 1 is 1.29 bits per heavy atom. The molecule has 1 atom stereocenters. The average molecular weight is 291 g/mol. The number of nitrogens with two attached hydrogens (primary N) is 1. The van der Waals surface area contributed by atoms with Crippen molar-refractivity contribution in [1.29, 1.82) is 0 Å². The Hall–Kier alpha value is -1.55. The highest BCUT2D eigenvalue weighted by Gasteiger charge is 2.16. The van der Waals surface area contributed by atoms with Crippen molar-refractivity contribution in [3.63, 3.8) is 0 Å². The van der Waals surface area contributed by atoms with Gasteiger partial charge in [0.15, 0.2) is 0 Å². The molecule has 21 heavy (non-hydrogen) atoms. The molecule has 0 radical (unpaired) electrons. The normalized spacial score (nSPS) is 12.3. The maximum atomic E-state index is 12.4. The molecule has 0 aromatic heterocycles. The summed E-state index contributed by atoms with van der Waals surface area (Å²) in [5.74, 6) is 0.561. The van der Waals surface area contributed by atoms with Crippen LogP contribution in [0, 0.1) is 5.92 Å². The van der Waals surface area contributed by atoms with Crippen LogP contribution < -0.4 is 11.1 Å². The molecule has 0 bridgehead atoms. The standard InChI is InChI=1S/C17H29N3O/c1-5-14(6-2)12-20(7-3)17(21)19-16-10-8-9-15(11-16)13(4)18/h8-11,13-14H,5-7,12,18H2,1-4H3,(H,19,21). The van der Waals surface area contributed by atoms with E-state index in [9.17, 15) is 4.79 Å². The summed E-state index contributed by atoms with van der Waals surface area (Å²) in [6.45, 7) is 9.82. The van der Waals surface area contributed by atoms with E-state index in [0.29, 0.717) is 5.92 Å². The second-order valence-corrected chi connectivity index (χ2v) is 5.57. The summed E-state index contributed by atoms with van der Waals surface area (Å²) >= 11 is 0. The van der Waals surface area contributed by atoms with Crippen LogP contribution in [0.15, 0.2) is 24.3 Å². The topological polar surface area (TPSA) is 58.4 Å². The quantitative estimate of drug-likeness (QED) is 0.798. The number of amides is 2. The van der Waals surface area contributed by atoms with Crippen LogP contribution in [0.1, 0.15) is 52.1 Å². The molecular weight excluding hydrogens is 262 g/mol. The molecule has 0 saturated carbocycles. The van der Waals surface area contributed by atoms with E-state index in [1.54, 1.807) is 0 Å². The van der Waals surface area contributed by atoms with E-state index < -0.39 is 0 Å². The summed E-state index contributed by atoms with van der Waals surface area (Å²) in [4.78, 5) is 14.2. The third kappa shape index (κ3) is 5.38. The third-order valence-corrected chi connectivity index (χ3v) is 3.97. The molecule has 0 fully saturated rings. The van der Waals surface area contributed by atoms with Gasteiger partial charge in [-0.05, 0) is 37.5 Å². The predicted molar refractivity (Wildman–Crippen MR) is 89.4 cm³/mol. The Kier molecular flexibility index (Phi) is 7.23. The zero-order valence-electron chi connectivity index (χ0n) is 13.7. The van der Waals surface area contributed by atoms with Crippen LogP contribution in [0.2, 0.25) is 0 Å². The fraction of sp³-hybridized carbons (Fsp3) is 0.588. The van der Waals surface area contributed by atoms with Gasteiger partial charge in [-0.15, -0.1) is 0 Å². The van der Waals surface area contributed by atoms with Gasteiger partial charge in [0.1, 0.15) is 0 Å². The molecule has 1 unspecified atom stereocenters. The number of rotatable bonds is 7. The molecule has 0 spiro atoms. The smallest absolute Gasteiger partial charge is 0.321 e. The van der Waals surface area contributed by atoms with E-state index in [1.807, 2.05) is 43.0 Å². The first kappa shape index (κ1) is 17.5. The molecule has 0 aliphatic rings. The van der Waals surface area contributed by atoms with Crippen molar-refractivity contribution >= 4 is 11.7 Å². The van der Waals surface area contributed by atoms with Crippen LogP contribution in [0.3, 0.4) is 0 Å². The second kappa shape index (κ2) is 8.67. The van der Waals surface area contributed by atoms with Gasteiger partial charge in [-0.25, -0.2) is 4.79 Å². The highest BCUT2D eigenvalue weighted by atomic mass is 16.2. The Morgan fingerprint density at radius 2 is 1.95 bits per heavy atom. The molecule has 1 aromatic carbocycles. The first-order valence-electron chi connectivity index (χ1n) is 7.93. The van der Waals surface area contributed by atoms with Gasteiger partial charge in [-0.1, -0.05) is 38.8 Å². The van der Waals surface area contributed by atoms with E-state index in [2.05, 4.69) is 19.2 Å². The Bertz CT molecular complexity index is 441. The summed E-state index contributed by atoms with van der Waals surface area (Å²) < 4.78 is 0. The molecule has 0 aliphatic carbocycles. The van der Waals surface area contributed by atoms with Gasteiger partial charge in [0.05, 0.1) is 0 Å². The fourth-order valence-corrected chi connectivity index (χ4v) is 2.32. The van der Waals surface area contributed by atoms with Gasteiger partial charge in [0.25, 0.3) is 0 Å². The van der Waals surface area contributed by atoms with Crippen LogP contribution in [0.5, 0.6) is 0 Å². The molecule has 0 heterocycles. The highest BCUT2D eigenvalue weighted by Crippen LogP contribution is 2.17. The van der Waals surface area contributed by atoms with Crippen molar-refractivity contribution in [2.45, 2.75) is 46.6 Å².